The Balaban J connectivity index is 2.23. The molecular formula is C16H25BrN2O. The summed E-state index contributed by atoms with van der Waals surface area (Å²) in [4.78, 5) is 2.49. The highest BCUT2D eigenvalue weighted by Crippen LogP contribution is 2.30. The third-order valence-electron chi connectivity index (χ3n) is 4.20. The van der Waals surface area contributed by atoms with Gasteiger partial charge in [0.05, 0.1) is 12.1 Å². The van der Waals surface area contributed by atoms with Crippen molar-refractivity contribution in [2.75, 3.05) is 20.2 Å². The van der Waals surface area contributed by atoms with Crippen LogP contribution in [0, 0.1) is 0 Å². The highest BCUT2D eigenvalue weighted by atomic mass is 79.9. The van der Waals surface area contributed by atoms with Crippen LogP contribution in [-0.2, 0) is 4.74 Å². The Morgan fingerprint density at radius 3 is 2.95 bits per heavy atom. The van der Waals surface area contributed by atoms with Crippen LogP contribution in [0.25, 0.3) is 0 Å². The van der Waals surface area contributed by atoms with Crippen LogP contribution in [-0.4, -0.2) is 37.2 Å². The second-order valence-corrected chi connectivity index (χ2v) is 6.48. The van der Waals surface area contributed by atoms with Crippen molar-refractivity contribution in [1.82, 2.24) is 4.90 Å². The van der Waals surface area contributed by atoms with E-state index in [-0.39, 0.29) is 12.1 Å². The number of hydrogen-bond acceptors (Lipinski definition) is 3. The van der Waals surface area contributed by atoms with Crippen LogP contribution in [0.4, 0.5) is 0 Å². The maximum absolute atomic E-state index is 6.42. The van der Waals surface area contributed by atoms with E-state index in [2.05, 4.69) is 52.0 Å². The molecule has 1 aliphatic rings. The molecule has 0 radical (unpaired) electrons. The van der Waals surface area contributed by atoms with Gasteiger partial charge >= 0.3 is 0 Å². The number of likely N-dealkylation sites (tertiary alicyclic amines) is 1. The fourth-order valence-corrected chi connectivity index (χ4v) is 3.47. The van der Waals surface area contributed by atoms with Crippen molar-refractivity contribution >= 4 is 15.9 Å². The first-order valence-electron chi connectivity index (χ1n) is 7.43. The van der Waals surface area contributed by atoms with Crippen molar-refractivity contribution in [3.63, 3.8) is 0 Å². The second-order valence-electron chi connectivity index (χ2n) is 5.57. The molecule has 1 saturated heterocycles. The van der Waals surface area contributed by atoms with Gasteiger partial charge in [-0.25, -0.2) is 0 Å². The van der Waals surface area contributed by atoms with Crippen molar-refractivity contribution in [3.05, 3.63) is 34.3 Å². The van der Waals surface area contributed by atoms with Crippen LogP contribution in [0.1, 0.15) is 37.8 Å². The molecule has 0 bridgehead atoms. The van der Waals surface area contributed by atoms with Gasteiger partial charge in [-0.15, -0.1) is 0 Å². The van der Waals surface area contributed by atoms with Crippen molar-refractivity contribution in [2.24, 2.45) is 5.73 Å². The van der Waals surface area contributed by atoms with Gasteiger partial charge in [-0.2, -0.15) is 0 Å². The number of piperidine rings is 1. The van der Waals surface area contributed by atoms with E-state index >= 15 is 0 Å². The molecule has 1 aromatic carbocycles. The minimum atomic E-state index is 0.153. The fourth-order valence-electron chi connectivity index (χ4n) is 3.05. The number of halogens is 1. The van der Waals surface area contributed by atoms with Crippen LogP contribution < -0.4 is 5.73 Å². The zero-order chi connectivity index (χ0) is 14.5. The van der Waals surface area contributed by atoms with Gasteiger partial charge in [0, 0.05) is 24.2 Å². The van der Waals surface area contributed by atoms with Gasteiger partial charge in [0.1, 0.15) is 0 Å². The summed E-state index contributed by atoms with van der Waals surface area (Å²) < 4.78 is 6.67. The molecule has 2 N–H and O–H groups in total. The van der Waals surface area contributed by atoms with E-state index in [1.165, 1.54) is 12.0 Å². The highest BCUT2D eigenvalue weighted by molar-refractivity contribution is 9.10. The standard InChI is InChI=1S/C16H25BrN2O/c1-3-15(18)16(12-6-4-7-13(17)10-12)19-9-5-8-14(11-19)20-2/h4,6-7,10,14-16H,3,5,8-9,11,18H2,1-2H3. The van der Waals surface area contributed by atoms with Crippen LogP contribution >= 0.6 is 15.9 Å². The molecule has 0 amide bonds. The SMILES string of the molecule is CCC(N)C(c1cccc(Br)c1)N1CCCC(OC)C1. The van der Waals surface area contributed by atoms with Crippen LogP contribution in [0.2, 0.25) is 0 Å². The number of nitrogens with zero attached hydrogens (tertiary/aromatic N) is 1. The van der Waals surface area contributed by atoms with E-state index in [4.69, 9.17) is 10.5 Å². The van der Waals surface area contributed by atoms with Gasteiger partial charge in [0.2, 0.25) is 0 Å². The summed E-state index contributed by atoms with van der Waals surface area (Å²) in [6.07, 6.45) is 3.65. The first-order valence-corrected chi connectivity index (χ1v) is 8.23. The Hall–Kier alpha value is -0.420. The molecule has 112 valence electrons. The summed E-state index contributed by atoms with van der Waals surface area (Å²) in [5.74, 6) is 0. The average Bonchev–Trinajstić information content (AvgIpc) is 2.47. The summed E-state index contributed by atoms with van der Waals surface area (Å²) in [6.45, 7) is 4.24. The lowest BCUT2D eigenvalue weighted by Gasteiger charge is -2.40. The molecule has 0 aliphatic carbocycles. The molecule has 2 rings (SSSR count). The number of hydrogen-bond donors (Lipinski definition) is 1. The minimum absolute atomic E-state index is 0.153. The monoisotopic (exact) mass is 340 g/mol. The van der Waals surface area contributed by atoms with Gasteiger partial charge in [0.25, 0.3) is 0 Å². The third kappa shape index (κ3) is 3.82. The first-order chi connectivity index (χ1) is 9.65. The minimum Gasteiger partial charge on any atom is -0.380 e. The number of ether oxygens (including phenoxy) is 1. The predicted octanol–water partition coefficient (Wildman–Crippen LogP) is 3.34. The van der Waals surface area contributed by atoms with E-state index in [0.29, 0.717) is 6.10 Å². The molecule has 1 aromatic rings. The lowest BCUT2D eigenvalue weighted by Crippen LogP contribution is -2.47. The van der Waals surface area contributed by atoms with Gasteiger partial charge in [-0.1, -0.05) is 35.0 Å². The Labute approximate surface area is 130 Å². The maximum atomic E-state index is 6.42. The first kappa shape index (κ1) is 16.0. The predicted molar refractivity (Wildman–Crippen MR) is 86.8 cm³/mol. The zero-order valence-corrected chi connectivity index (χ0v) is 14.0. The summed E-state index contributed by atoms with van der Waals surface area (Å²) in [5.41, 5.74) is 7.72. The normalized spacial score (nSPS) is 23.5. The zero-order valence-electron chi connectivity index (χ0n) is 12.4. The summed E-state index contributed by atoms with van der Waals surface area (Å²) in [6, 6.07) is 8.95. The van der Waals surface area contributed by atoms with Crippen molar-refractivity contribution in [3.8, 4) is 0 Å². The Morgan fingerprint density at radius 2 is 2.30 bits per heavy atom. The van der Waals surface area contributed by atoms with Gasteiger partial charge < -0.3 is 10.5 Å². The van der Waals surface area contributed by atoms with Gasteiger partial charge in [0.15, 0.2) is 0 Å². The van der Waals surface area contributed by atoms with Gasteiger partial charge in [-0.3, -0.25) is 4.90 Å². The molecule has 0 saturated carbocycles. The Bertz CT molecular complexity index is 427. The highest BCUT2D eigenvalue weighted by Gasteiger charge is 2.30. The number of nitrogens with two attached hydrogens (primary N) is 1. The molecule has 0 spiro atoms. The quantitative estimate of drug-likeness (QED) is 0.893. The van der Waals surface area contributed by atoms with Crippen LogP contribution in [0.3, 0.4) is 0 Å². The average molecular weight is 341 g/mol. The Kier molecular flexibility index (Phi) is 6.02. The third-order valence-corrected chi connectivity index (χ3v) is 4.70. The molecule has 1 fully saturated rings. The second kappa shape index (κ2) is 7.55. The molecule has 1 heterocycles. The van der Waals surface area contributed by atoms with Crippen LogP contribution in [0.15, 0.2) is 28.7 Å². The van der Waals surface area contributed by atoms with E-state index in [9.17, 15) is 0 Å². The summed E-state index contributed by atoms with van der Waals surface area (Å²) in [7, 11) is 1.81. The van der Waals surface area contributed by atoms with E-state index < -0.39 is 0 Å². The summed E-state index contributed by atoms with van der Waals surface area (Å²) in [5, 5.41) is 0. The lowest BCUT2D eigenvalue weighted by molar-refractivity contribution is 0.00899. The topological polar surface area (TPSA) is 38.5 Å². The molecule has 3 nitrogen and oxygen atoms in total. The van der Waals surface area contributed by atoms with Crippen molar-refractivity contribution in [1.29, 1.82) is 0 Å². The number of benzene rings is 1. The molecule has 3 unspecified atom stereocenters. The molecule has 0 aromatic heterocycles. The molecule has 20 heavy (non-hydrogen) atoms. The molecular weight excluding hydrogens is 316 g/mol. The van der Waals surface area contributed by atoms with E-state index in [1.54, 1.807) is 0 Å². The van der Waals surface area contributed by atoms with E-state index in [1.807, 2.05) is 7.11 Å². The maximum Gasteiger partial charge on any atom is 0.0698 e. The largest absolute Gasteiger partial charge is 0.380 e. The summed E-state index contributed by atoms with van der Waals surface area (Å²) >= 11 is 3.57. The molecule has 1 aliphatic heterocycles. The van der Waals surface area contributed by atoms with E-state index in [0.717, 1.165) is 30.4 Å². The van der Waals surface area contributed by atoms with Crippen molar-refractivity contribution < 1.29 is 4.74 Å². The number of rotatable bonds is 5. The fraction of sp³-hybridized carbons (Fsp3) is 0.625. The van der Waals surface area contributed by atoms with Crippen molar-refractivity contribution in [2.45, 2.75) is 44.4 Å². The lowest BCUT2D eigenvalue weighted by atomic mass is 9.94. The number of methoxy groups -OCH3 is 1. The molecule has 4 heteroatoms. The molecule has 3 atom stereocenters. The van der Waals surface area contributed by atoms with Crippen LogP contribution in [0.5, 0.6) is 0 Å². The Morgan fingerprint density at radius 1 is 1.50 bits per heavy atom. The van der Waals surface area contributed by atoms with Gasteiger partial charge in [-0.05, 0) is 43.5 Å². The smallest absolute Gasteiger partial charge is 0.0698 e.